The van der Waals surface area contributed by atoms with E-state index >= 15 is 0 Å². The third kappa shape index (κ3) is 3.25. The molecule has 1 aliphatic rings. The van der Waals surface area contributed by atoms with Crippen molar-refractivity contribution < 1.29 is 0 Å². The Balaban J connectivity index is 1.43. The van der Waals surface area contributed by atoms with Gasteiger partial charge in [0.05, 0.1) is 5.69 Å². The van der Waals surface area contributed by atoms with Crippen molar-refractivity contribution in [1.29, 1.82) is 0 Å². The van der Waals surface area contributed by atoms with Crippen LogP contribution in [0.1, 0.15) is 36.5 Å². The number of aromatic nitrogens is 5. The number of anilines is 1. The van der Waals surface area contributed by atoms with Crippen LogP contribution in [0.3, 0.4) is 0 Å². The van der Waals surface area contributed by atoms with Gasteiger partial charge in [-0.1, -0.05) is 0 Å². The molecule has 0 spiro atoms. The van der Waals surface area contributed by atoms with Gasteiger partial charge in [0.15, 0.2) is 5.65 Å². The Morgan fingerprint density at radius 2 is 1.88 bits per heavy atom. The van der Waals surface area contributed by atoms with Gasteiger partial charge in [0.25, 0.3) is 0 Å². The van der Waals surface area contributed by atoms with Gasteiger partial charge in [-0.15, -0.1) is 0 Å². The van der Waals surface area contributed by atoms with Crippen molar-refractivity contribution in [1.82, 2.24) is 24.1 Å². The molecule has 0 aliphatic carbocycles. The van der Waals surface area contributed by atoms with E-state index in [1.165, 1.54) is 25.1 Å². The van der Waals surface area contributed by atoms with Crippen LogP contribution in [0, 0.1) is 26.7 Å². The third-order valence-corrected chi connectivity index (χ3v) is 5.30. The van der Waals surface area contributed by atoms with Crippen molar-refractivity contribution in [2.75, 3.05) is 18.0 Å². The number of rotatable bonds is 4. The van der Waals surface area contributed by atoms with Gasteiger partial charge >= 0.3 is 0 Å². The predicted molar refractivity (Wildman–Crippen MR) is 99.0 cm³/mol. The second kappa shape index (κ2) is 6.50. The van der Waals surface area contributed by atoms with Crippen molar-refractivity contribution in [3.63, 3.8) is 0 Å². The van der Waals surface area contributed by atoms with E-state index in [-0.39, 0.29) is 0 Å². The molecule has 25 heavy (non-hydrogen) atoms. The Morgan fingerprint density at radius 3 is 2.60 bits per heavy atom. The van der Waals surface area contributed by atoms with Gasteiger partial charge in [-0.05, 0) is 46.0 Å². The first-order chi connectivity index (χ1) is 12.1. The van der Waals surface area contributed by atoms with Crippen LogP contribution in [-0.2, 0) is 6.54 Å². The summed E-state index contributed by atoms with van der Waals surface area (Å²) < 4.78 is 4.26. The third-order valence-electron chi connectivity index (χ3n) is 5.30. The van der Waals surface area contributed by atoms with Gasteiger partial charge < -0.3 is 9.47 Å². The summed E-state index contributed by atoms with van der Waals surface area (Å²) in [7, 11) is 0. The fraction of sp³-hybridized carbons (Fsp3) is 0.526. The molecular weight excluding hydrogens is 312 g/mol. The highest BCUT2D eigenvalue weighted by molar-refractivity contribution is 5.52. The molecule has 3 aromatic heterocycles. The molecule has 0 N–H and O–H groups in total. The van der Waals surface area contributed by atoms with E-state index in [0.29, 0.717) is 0 Å². The number of nitrogens with zero attached hydrogens (tertiary/aromatic N) is 6. The molecule has 0 radical (unpaired) electrons. The lowest BCUT2D eigenvalue weighted by molar-refractivity contribution is 0.358. The van der Waals surface area contributed by atoms with Crippen LogP contribution in [-0.4, -0.2) is 37.2 Å². The molecule has 1 fully saturated rings. The molecule has 6 nitrogen and oxygen atoms in total. The molecular formula is C19H26N6. The fourth-order valence-electron chi connectivity index (χ4n) is 3.83. The highest BCUT2D eigenvalue weighted by Gasteiger charge is 2.22. The maximum Gasteiger partial charge on any atom is 0.157 e. The number of aryl methyl sites for hydroxylation is 4. The van der Waals surface area contributed by atoms with E-state index in [9.17, 15) is 0 Å². The second-order valence-corrected chi connectivity index (χ2v) is 7.20. The van der Waals surface area contributed by atoms with Crippen molar-refractivity contribution >= 4 is 11.5 Å². The van der Waals surface area contributed by atoms with Gasteiger partial charge in [-0.2, -0.15) is 9.61 Å². The first kappa shape index (κ1) is 16.1. The molecule has 1 aliphatic heterocycles. The average molecular weight is 338 g/mol. The van der Waals surface area contributed by atoms with E-state index in [1.807, 2.05) is 17.6 Å². The zero-order valence-electron chi connectivity index (χ0n) is 15.3. The Kier molecular flexibility index (Phi) is 4.19. The molecule has 3 aromatic rings. The lowest BCUT2D eigenvalue weighted by Crippen LogP contribution is -2.35. The van der Waals surface area contributed by atoms with E-state index < -0.39 is 0 Å². The predicted octanol–water partition coefficient (Wildman–Crippen LogP) is 3.16. The number of piperidine rings is 1. The number of fused-ring (bicyclic) bond motifs is 1. The smallest absolute Gasteiger partial charge is 0.157 e. The quantitative estimate of drug-likeness (QED) is 0.733. The number of imidazole rings is 1. The summed E-state index contributed by atoms with van der Waals surface area (Å²) in [6, 6.07) is 4.21. The van der Waals surface area contributed by atoms with E-state index in [1.54, 1.807) is 0 Å². The van der Waals surface area contributed by atoms with Gasteiger partial charge in [-0.25, -0.2) is 9.97 Å². The summed E-state index contributed by atoms with van der Waals surface area (Å²) >= 11 is 0. The highest BCUT2D eigenvalue weighted by atomic mass is 15.3. The average Bonchev–Trinajstić information content (AvgIpc) is 3.17. The monoisotopic (exact) mass is 338 g/mol. The SMILES string of the molecule is Cc1cc(N2CCC(CCn3ccnc3C)CC2)n2nc(C)cc2n1. The Bertz CT molecular complexity index is 869. The molecule has 132 valence electrons. The molecule has 0 amide bonds. The first-order valence-electron chi connectivity index (χ1n) is 9.17. The van der Waals surface area contributed by atoms with E-state index in [0.717, 1.165) is 48.4 Å². The minimum atomic E-state index is 0.788. The van der Waals surface area contributed by atoms with Crippen molar-refractivity contribution in [3.8, 4) is 0 Å². The molecule has 6 heteroatoms. The minimum absolute atomic E-state index is 0.788. The van der Waals surface area contributed by atoms with Crippen molar-refractivity contribution in [3.05, 3.63) is 41.7 Å². The van der Waals surface area contributed by atoms with Crippen LogP contribution in [0.5, 0.6) is 0 Å². The fourth-order valence-corrected chi connectivity index (χ4v) is 3.83. The van der Waals surface area contributed by atoms with Crippen LogP contribution in [0.4, 0.5) is 5.82 Å². The number of hydrogen-bond acceptors (Lipinski definition) is 4. The molecule has 0 aromatic carbocycles. The van der Waals surface area contributed by atoms with Crippen LogP contribution < -0.4 is 4.90 Å². The summed E-state index contributed by atoms with van der Waals surface area (Å²) in [4.78, 5) is 11.4. The van der Waals surface area contributed by atoms with Crippen molar-refractivity contribution in [2.24, 2.45) is 5.92 Å². The standard InChI is InChI=1S/C19H26N6/c1-14-13-19(25-18(21-14)12-15(2)22-25)24-9-5-17(6-10-24)4-8-23-11-7-20-16(23)3/h7,11-13,17H,4-6,8-10H2,1-3H3. The second-order valence-electron chi connectivity index (χ2n) is 7.20. The maximum absolute atomic E-state index is 4.63. The minimum Gasteiger partial charge on any atom is -0.356 e. The summed E-state index contributed by atoms with van der Waals surface area (Å²) in [5.74, 6) is 3.08. The van der Waals surface area contributed by atoms with E-state index in [4.69, 9.17) is 0 Å². The molecule has 1 saturated heterocycles. The summed E-state index contributed by atoms with van der Waals surface area (Å²) in [6.07, 6.45) is 7.67. The molecule has 0 saturated carbocycles. The highest BCUT2D eigenvalue weighted by Crippen LogP contribution is 2.26. The normalized spacial score (nSPS) is 16.0. The summed E-state index contributed by atoms with van der Waals surface area (Å²) in [5.41, 5.74) is 3.02. The zero-order chi connectivity index (χ0) is 17.4. The van der Waals surface area contributed by atoms with Crippen LogP contribution in [0.25, 0.3) is 5.65 Å². The number of hydrogen-bond donors (Lipinski definition) is 0. The van der Waals surface area contributed by atoms with Crippen molar-refractivity contribution in [2.45, 2.75) is 46.6 Å². The molecule has 0 bridgehead atoms. The van der Waals surface area contributed by atoms with Gasteiger partial charge in [0, 0.05) is 49.9 Å². The Hall–Kier alpha value is -2.37. The van der Waals surface area contributed by atoms with Gasteiger partial charge in [0.1, 0.15) is 11.6 Å². The molecule has 0 unspecified atom stereocenters. The Labute approximate surface area is 148 Å². The summed E-state index contributed by atoms with van der Waals surface area (Å²) in [5, 5.41) is 4.63. The van der Waals surface area contributed by atoms with Gasteiger partial charge in [0.2, 0.25) is 0 Å². The van der Waals surface area contributed by atoms with Crippen LogP contribution in [0.2, 0.25) is 0 Å². The maximum atomic E-state index is 4.63. The largest absolute Gasteiger partial charge is 0.356 e. The summed E-state index contributed by atoms with van der Waals surface area (Å²) in [6.45, 7) is 9.42. The lowest BCUT2D eigenvalue weighted by Gasteiger charge is -2.33. The van der Waals surface area contributed by atoms with Crippen LogP contribution >= 0.6 is 0 Å². The first-order valence-corrected chi connectivity index (χ1v) is 9.17. The van der Waals surface area contributed by atoms with Crippen LogP contribution in [0.15, 0.2) is 24.5 Å². The van der Waals surface area contributed by atoms with Gasteiger partial charge in [-0.3, -0.25) is 0 Å². The molecule has 0 atom stereocenters. The zero-order valence-corrected chi connectivity index (χ0v) is 15.3. The molecule has 4 heterocycles. The molecule has 4 rings (SSSR count). The lowest BCUT2D eigenvalue weighted by atomic mass is 9.93. The Morgan fingerprint density at radius 1 is 1.08 bits per heavy atom. The topological polar surface area (TPSA) is 51.2 Å². The van der Waals surface area contributed by atoms with E-state index in [2.05, 4.69) is 56.7 Å².